The summed E-state index contributed by atoms with van der Waals surface area (Å²) < 4.78 is 4.48. The lowest BCUT2D eigenvalue weighted by atomic mass is 10.2. The van der Waals surface area contributed by atoms with E-state index in [1.165, 1.54) is 77.2 Å². The van der Waals surface area contributed by atoms with Crippen LogP contribution < -0.4 is 43.5 Å². The Bertz CT molecular complexity index is 2170. The zero-order valence-electron chi connectivity index (χ0n) is 34.1. The third-order valence-electron chi connectivity index (χ3n) is 9.75. The molecule has 22 nitrogen and oxygen atoms in total. The molecule has 0 aliphatic carbocycles. The van der Waals surface area contributed by atoms with E-state index in [9.17, 15) is 58.8 Å². The molecule has 328 valence electrons. The van der Waals surface area contributed by atoms with Gasteiger partial charge in [-0.05, 0) is 43.8 Å². The summed E-state index contributed by atoms with van der Waals surface area (Å²) in [6.07, 6.45) is 5.83. The Kier molecular flexibility index (Phi) is 16.1. The van der Waals surface area contributed by atoms with Gasteiger partial charge in [0, 0.05) is 105 Å². The van der Waals surface area contributed by atoms with Gasteiger partial charge in [0.15, 0.2) is 23.0 Å². The van der Waals surface area contributed by atoms with E-state index in [0.717, 1.165) is 18.3 Å². The second kappa shape index (κ2) is 21.2. The van der Waals surface area contributed by atoms with Crippen molar-refractivity contribution in [3.05, 3.63) is 113 Å². The molecule has 0 fully saturated rings. The highest BCUT2D eigenvalue weighted by Crippen LogP contribution is 2.13. The molecule has 0 aliphatic rings. The number of aryl methyl sites for hydroxylation is 4. The van der Waals surface area contributed by atoms with Gasteiger partial charge in [0.1, 0.15) is 0 Å². The van der Waals surface area contributed by atoms with Crippen LogP contribution in [0.3, 0.4) is 0 Å². The Labute approximate surface area is 347 Å². The van der Waals surface area contributed by atoms with Crippen molar-refractivity contribution in [2.24, 2.45) is 28.2 Å². The molecule has 0 atom stereocenters. The molecule has 0 bridgehead atoms. The summed E-state index contributed by atoms with van der Waals surface area (Å²) in [5.74, 6) is -5.57. The minimum absolute atomic E-state index is 0.0591. The van der Waals surface area contributed by atoms with Crippen LogP contribution in [0.25, 0.3) is 0 Å². The minimum atomic E-state index is -0.746. The molecule has 8 N–H and O–H groups in total. The van der Waals surface area contributed by atoms with Crippen molar-refractivity contribution in [1.29, 1.82) is 0 Å². The van der Waals surface area contributed by atoms with Crippen LogP contribution in [-0.2, 0) is 28.2 Å². The fourth-order valence-electron chi connectivity index (χ4n) is 6.07. The Balaban J connectivity index is 1.43. The van der Waals surface area contributed by atoms with E-state index in [-0.39, 0.29) is 74.6 Å². The molecular formula is C39H50N10O12. The van der Waals surface area contributed by atoms with E-state index < -0.39 is 68.9 Å². The molecule has 4 heterocycles. The van der Waals surface area contributed by atoms with Gasteiger partial charge in [-0.25, -0.2) is 0 Å². The average Bonchev–Trinajstić information content (AvgIpc) is 3.22. The van der Waals surface area contributed by atoms with Gasteiger partial charge in [-0.15, -0.1) is 0 Å². The Morgan fingerprint density at radius 2 is 0.639 bits per heavy atom. The van der Waals surface area contributed by atoms with Crippen molar-refractivity contribution in [3.63, 3.8) is 0 Å². The SMILES string of the molecule is Cn1ccc(C(=O)NCCN(CCCN(CCNC(=O)c2ccn(C)c(=O)c2O)CCNC(=O)c2ccn(C)c(=O)c2O)CCNC(=O)c2ccn(C)c(=O)c2O)c(O)c1=O. The summed E-state index contributed by atoms with van der Waals surface area (Å²) >= 11 is 0. The smallest absolute Gasteiger partial charge is 0.293 e. The van der Waals surface area contributed by atoms with E-state index in [0.29, 0.717) is 19.5 Å². The predicted octanol–water partition coefficient (Wildman–Crippen LogP) is -2.68. The third kappa shape index (κ3) is 11.9. The zero-order chi connectivity index (χ0) is 45.0. The fraction of sp³-hybridized carbons (Fsp3) is 0.385. The zero-order valence-corrected chi connectivity index (χ0v) is 34.1. The maximum absolute atomic E-state index is 12.9. The molecule has 4 aromatic rings. The summed E-state index contributed by atoms with van der Waals surface area (Å²) in [7, 11) is 5.70. The summed E-state index contributed by atoms with van der Waals surface area (Å²) in [6.45, 7) is 1.91. The molecule has 0 aromatic carbocycles. The van der Waals surface area contributed by atoms with Crippen molar-refractivity contribution in [2.75, 3.05) is 65.4 Å². The van der Waals surface area contributed by atoms with Gasteiger partial charge in [-0.3, -0.25) is 48.2 Å². The van der Waals surface area contributed by atoms with E-state index in [4.69, 9.17) is 0 Å². The van der Waals surface area contributed by atoms with E-state index in [1.54, 1.807) is 0 Å². The second-order valence-corrected chi connectivity index (χ2v) is 14.0. The molecule has 4 aromatic heterocycles. The third-order valence-corrected chi connectivity index (χ3v) is 9.75. The quantitative estimate of drug-likeness (QED) is 0.0450. The largest absolute Gasteiger partial charge is 0.502 e. The van der Waals surface area contributed by atoms with Gasteiger partial charge >= 0.3 is 0 Å². The highest BCUT2D eigenvalue weighted by atomic mass is 16.3. The van der Waals surface area contributed by atoms with Crippen molar-refractivity contribution in [3.8, 4) is 23.0 Å². The summed E-state index contributed by atoms with van der Waals surface area (Å²) in [4.78, 5) is 104. The molecule has 0 aliphatic heterocycles. The molecular weight excluding hydrogens is 800 g/mol. The summed E-state index contributed by atoms with van der Waals surface area (Å²) in [5.41, 5.74) is -3.82. The molecule has 4 amide bonds. The van der Waals surface area contributed by atoms with Gasteiger partial charge in [-0.1, -0.05) is 0 Å². The van der Waals surface area contributed by atoms with Crippen LogP contribution in [-0.4, -0.2) is 138 Å². The van der Waals surface area contributed by atoms with Crippen LogP contribution in [0.15, 0.2) is 68.2 Å². The first kappa shape index (κ1) is 46.5. The molecule has 4 rings (SSSR count). The number of carbonyl (C=O) groups excluding carboxylic acids is 4. The number of rotatable bonds is 20. The van der Waals surface area contributed by atoms with Crippen LogP contribution in [0.4, 0.5) is 0 Å². The van der Waals surface area contributed by atoms with Gasteiger partial charge in [0.05, 0.1) is 22.3 Å². The van der Waals surface area contributed by atoms with Crippen molar-refractivity contribution in [1.82, 2.24) is 49.3 Å². The number of nitrogens with zero attached hydrogens (tertiary/aromatic N) is 6. The maximum atomic E-state index is 12.9. The standard InChI is InChI=1S/C39H50N10O12/c1-44-16-6-24(28(50)36(44)58)32(54)40-10-20-48(21-11-41-33(55)25-7-17-45(2)37(59)29(25)51)14-5-15-49(22-12-42-34(56)26-8-18-46(3)38(60)30(26)52)23-13-43-35(57)27-9-19-47(4)39(61)31(27)53/h6-9,16-19,50-53H,5,10-15,20-23H2,1-4H3,(H,40,54)(H,41,55)(H,42,56)(H,43,57). The van der Waals surface area contributed by atoms with E-state index >= 15 is 0 Å². The van der Waals surface area contributed by atoms with Crippen LogP contribution in [0, 0.1) is 0 Å². The molecule has 0 unspecified atom stereocenters. The number of nitrogens with one attached hydrogen (secondary N) is 4. The molecule has 0 saturated carbocycles. The van der Waals surface area contributed by atoms with Crippen LogP contribution in [0.5, 0.6) is 23.0 Å². The van der Waals surface area contributed by atoms with Crippen molar-refractivity contribution < 1.29 is 39.6 Å². The number of aromatic hydroxyl groups is 4. The highest BCUT2D eigenvalue weighted by molar-refractivity contribution is 5.98. The second-order valence-electron chi connectivity index (χ2n) is 14.0. The summed E-state index contributed by atoms with van der Waals surface area (Å²) in [5, 5.41) is 51.6. The van der Waals surface area contributed by atoms with Crippen LogP contribution in [0.2, 0.25) is 0 Å². The van der Waals surface area contributed by atoms with E-state index in [1.807, 2.05) is 9.80 Å². The lowest BCUT2D eigenvalue weighted by Crippen LogP contribution is -2.43. The Morgan fingerprint density at radius 3 is 0.852 bits per heavy atom. The number of amides is 4. The predicted molar refractivity (Wildman–Crippen MR) is 220 cm³/mol. The van der Waals surface area contributed by atoms with Crippen LogP contribution in [0.1, 0.15) is 47.9 Å². The molecule has 0 spiro atoms. The van der Waals surface area contributed by atoms with Crippen LogP contribution >= 0.6 is 0 Å². The van der Waals surface area contributed by atoms with Gasteiger partial charge in [-0.2, -0.15) is 0 Å². The first-order valence-corrected chi connectivity index (χ1v) is 19.0. The van der Waals surface area contributed by atoms with Gasteiger partial charge in [0.2, 0.25) is 0 Å². The first-order chi connectivity index (χ1) is 28.9. The molecule has 61 heavy (non-hydrogen) atoms. The maximum Gasteiger partial charge on any atom is 0.293 e. The van der Waals surface area contributed by atoms with Gasteiger partial charge < -0.3 is 60.0 Å². The monoisotopic (exact) mass is 850 g/mol. The minimum Gasteiger partial charge on any atom is -0.502 e. The number of aromatic nitrogens is 4. The number of pyridine rings is 4. The Morgan fingerprint density at radius 1 is 0.426 bits per heavy atom. The summed E-state index contributed by atoms with van der Waals surface area (Å²) in [6, 6.07) is 5.22. The average molecular weight is 851 g/mol. The highest BCUT2D eigenvalue weighted by Gasteiger charge is 2.20. The fourth-order valence-corrected chi connectivity index (χ4v) is 6.07. The Hall–Kier alpha value is -7.20. The van der Waals surface area contributed by atoms with Crippen molar-refractivity contribution in [2.45, 2.75) is 6.42 Å². The van der Waals surface area contributed by atoms with Gasteiger partial charge in [0.25, 0.3) is 45.9 Å². The van der Waals surface area contributed by atoms with E-state index in [2.05, 4.69) is 21.3 Å². The van der Waals surface area contributed by atoms with Crippen molar-refractivity contribution >= 4 is 23.6 Å². The molecule has 0 saturated heterocycles. The first-order valence-electron chi connectivity index (χ1n) is 19.0. The lowest BCUT2D eigenvalue weighted by Gasteiger charge is -2.26. The number of carbonyl (C=O) groups is 4. The lowest BCUT2D eigenvalue weighted by molar-refractivity contribution is 0.0931. The number of hydrogen-bond donors (Lipinski definition) is 8. The molecule has 22 heteroatoms. The normalized spacial score (nSPS) is 11.1. The topological polar surface area (TPSA) is 292 Å². The number of hydrogen-bond acceptors (Lipinski definition) is 14. The molecule has 0 radical (unpaired) electrons.